The normalized spacial score (nSPS) is 10.5. The Balaban J connectivity index is 1.66. The molecular formula is C18H16N4O5S. The van der Waals surface area contributed by atoms with E-state index in [1.807, 2.05) is 13.0 Å². The lowest BCUT2D eigenvalue weighted by molar-refractivity contribution is -0.384. The molecule has 0 aliphatic heterocycles. The van der Waals surface area contributed by atoms with Crippen molar-refractivity contribution in [3.8, 4) is 17.2 Å². The van der Waals surface area contributed by atoms with Gasteiger partial charge in [-0.2, -0.15) is 0 Å². The molecule has 10 heteroatoms. The second kappa shape index (κ2) is 8.53. The van der Waals surface area contributed by atoms with Crippen LogP contribution < -0.4 is 10.1 Å². The largest absolute Gasteiger partial charge is 0.495 e. The summed E-state index contributed by atoms with van der Waals surface area (Å²) < 4.78 is 10.7. The lowest BCUT2D eigenvalue weighted by Crippen LogP contribution is -2.14. The molecule has 1 heterocycles. The average Bonchev–Trinajstić information content (AvgIpc) is 3.15. The highest BCUT2D eigenvalue weighted by Crippen LogP contribution is 2.30. The van der Waals surface area contributed by atoms with Crippen molar-refractivity contribution in [1.29, 1.82) is 0 Å². The number of nitrogens with one attached hydrogen (secondary N) is 1. The van der Waals surface area contributed by atoms with Gasteiger partial charge in [0.1, 0.15) is 11.3 Å². The summed E-state index contributed by atoms with van der Waals surface area (Å²) in [5.41, 5.74) is 1.64. The summed E-state index contributed by atoms with van der Waals surface area (Å²) in [6.07, 6.45) is 0. The number of ether oxygens (including phenoxy) is 1. The molecule has 0 bridgehead atoms. The number of methoxy groups -OCH3 is 1. The van der Waals surface area contributed by atoms with Crippen molar-refractivity contribution in [2.24, 2.45) is 0 Å². The van der Waals surface area contributed by atoms with Gasteiger partial charge in [-0.3, -0.25) is 14.9 Å². The lowest BCUT2D eigenvalue weighted by atomic mass is 10.2. The Bertz CT molecular complexity index is 1020. The highest BCUT2D eigenvalue weighted by molar-refractivity contribution is 7.99. The third kappa shape index (κ3) is 4.46. The molecule has 0 spiro atoms. The van der Waals surface area contributed by atoms with Gasteiger partial charge >= 0.3 is 0 Å². The van der Waals surface area contributed by atoms with Crippen LogP contribution in [0.3, 0.4) is 0 Å². The van der Waals surface area contributed by atoms with Gasteiger partial charge in [0.25, 0.3) is 16.8 Å². The Labute approximate surface area is 164 Å². The maximum Gasteiger partial charge on any atom is 0.282 e. The van der Waals surface area contributed by atoms with Gasteiger partial charge in [-0.15, -0.1) is 10.2 Å². The summed E-state index contributed by atoms with van der Waals surface area (Å²) in [6, 6.07) is 11.5. The average molecular weight is 400 g/mol. The second-order valence-corrected chi connectivity index (χ2v) is 6.61. The van der Waals surface area contributed by atoms with Gasteiger partial charge in [0.2, 0.25) is 5.91 Å². The van der Waals surface area contributed by atoms with E-state index in [9.17, 15) is 14.9 Å². The van der Waals surface area contributed by atoms with Crippen molar-refractivity contribution in [2.45, 2.75) is 12.1 Å². The molecule has 0 atom stereocenters. The van der Waals surface area contributed by atoms with E-state index < -0.39 is 4.92 Å². The number of carbonyl (C=O) groups excluding carboxylic acids is 1. The Kier molecular flexibility index (Phi) is 5.90. The number of nitrogens with zero attached hydrogens (tertiary/aromatic N) is 3. The molecular weight excluding hydrogens is 384 g/mol. The summed E-state index contributed by atoms with van der Waals surface area (Å²) in [5.74, 6) is 0.325. The molecule has 0 saturated carbocycles. The van der Waals surface area contributed by atoms with Crippen LogP contribution in [0.5, 0.6) is 5.75 Å². The molecule has 9 nitrogen and oxygen atoms in total. The molecule has 1 aromatic heterocycles. The standard InChI is InChI=1S/C18H16N4O5S/c1-11-7-8-15(26-2)13(9-11)19-16(23)10-28-18-21-20-17(27-18)12-5-3-4-6-14(12)22(24)25/h3-9H,10H2,1-2H3,(H,19,23). The predicted octanol–water partition coefficient (Wildman–Crippen LogP) is 3.69. The monoisotopic (exact) mass is 400 g/mol. The second-order valence-electron chi connectivity index (χ2n) is 5.69. The molecule has 2 aromatic carbocycles. The van der Waals surface area contributed by atoms with E-state index in [-0.39, 0.29) is 34.0 Å². The van der Waals surface area contributed by atoms with Crippen LogP contribution in [-0.2, 0) is 4.79 Å². The molecule has 0 saturated heterocycles. The fourth-order valence-electron chi connectivity index (χ4n) is 2.42. The van der Waals surface area contributed by atoms with Gasteiger partial charge in [0, 0.05) is 6.07 Å². The van der Waals surface area contributed by atoms with E-state index in [2.05, 4.69) is 15.5 Å². The third-order valence-electron chi connectivity index (χ3n) is 3.69. The number of anilines is 1. The van der Waals surface area contributed by atoms with Crippen molar-refractivity contribution in [2.75, 3.05) is 18.2 Å². The Morgan fingerprint density at radius 3 is 2.82 bits per heavy atom. The number of para-hydroxylation sites is 1. The predicted molar refractivity (Wildman–Crippen MR) is 103 cm³/mol. The summed E-state index contributed by atoms with van der Waals surface area (Å²) in [4.78, 5) is 22.8. The van der Waals surface area contributed by atoms with Crippen LogP contribution in [0.2, 0.25) is 0 Å². The van der Waals surface area contributed by atoms with Gasteiger partial charge < -0.3 is 14.5 Å². The van der Waals surface area contributed by atoms with Crippen molar-refractivity contribution >= 4 is 29.0 Å². The van der Waals surface area contributed by atoms with E-state index in [4.69, 9.17) is 9.15 Å². The number of amides is 1. The van der Waals surface area contributed by atoms with E-state index in [1.165, 1.54) is 19.2 Å². The van der Waals surface area contributed by atoms with Crippen molar-refractivity contribution in [1.82, 2.24) is 10.2 Å². The fraction of sp³-hybridized carbons (Fsp3) is 0.167. The minimum absolute atomic E-state index is 0.0234. The van der Waals surface area contributed by atoms with Crippen LogP contribution >= 0.6 is 11.8 Å². The summed E-state index contributed by atoms with van der Waals surface area (Å²) in [6.45, 7) is 1.91. The zero-order valence-corrected chi connectivity index (χ0v) is 15.9. The number of hydrogen-bond acceptors (Lipinski definition) is 8. The van der Waals surface area contributed by atoms with E-state index in [0.29, 0.717) is 11.4 Å². The summed E-state index contributed by atoms with van der Waals surface area (Å²) in [5, 5.41) is 21.7. The SMILES string of the molecule is COc1ccc(C)cc1NC(=O)CSc1nnc(-c2ccccc2[N+](=O)[O-])o1. The van der Waals surface area contributed by atoms with Crippen molar-refractivity contribution in [3.05, 3.63) is 58.1 Å². The highest BCUT2D eigenvalue weighted by Gasteiger charge is 2.20. The maximum absolute atomic E-state index is 12.2. The Hall–Kier alpha value is -3.40. The number of aromatic nitrogens is 2. The first kappa shape index (κ1) is 19.4. The van der Waals surface area contributed by atoms with Crippen LogP contribution in [0, 0.1) is 17.0 Å². The van der Waals surface area contributed by atoms with Gasteiger partial charge in [0.15, 0.2) is 0 Å². The Morgan fingerprint density at radius 2 is 2.07 bits per heavy atom. The summed E-state index contributed by atoms with van der Waals surface area (Å²) >= 11 is 1.03. The molecule has 0 aliphatic rings. The first-order valence-electron chi connectivity index (χ1n) is 8.12. The maximum atomic E-state index is 12.2. The quantitative estimate of drug-likeness (QED) is 0.362. The minimum atomic E-state index is -0.519. The van der Waals surface area contributed by atoms with E-state index >= 15 is 0 Å². The molecule has 3 rings (SSSR count). The number of hydrogen-bond donors (Lipinski definition) is 1. The molecule has 1 amide bonds. The third-order valence-corrected chi connectivity index (χ3v) is 4.51. The smallest absolute Gasteiger partial charge is 0.282 e. The minimum Gasteiger partial charge on any atom is -0.495 e. The van der Waals surface area contributed by atoms with Gasteiger partial charge in [-0.25, -0.2) is 0 Å². The van der Waals surface area contributed by atoms with Gasteiger partial charge in [0.05, 0.1) is 23.5 Å². The van der Waals surface area contributed by atoms with Gasteiger partial charge in [-0.1, -0.05) is 30.0 Å². The van der Waals surface area contributed by atoms with E-state index in [1.54, 1.807) is 24.3 Å². The zero-order valence-electron chi connectivity index (χ0n) is 15.0. The number of rotatable bonds is 7. The zero-order chi connectivity index (χ0) is 20.1. The molecule has 0 radical (unpaired) electrons. The topological polar surface area (TPSA) is 120 Å². The highest BCUT2D eigenvalue weighted by atomic mass is 32.2. The molecule has 0 fully saturated rings. The number of benzene rings is 2. The van der Waals surface area contributed by atoms with Crippen molar-refractivity contribution < 1.29 is 18.9 Å². The number of carbonyl (C=O) groups is 1. The first-order valence-corrected chi connectivity index (χ1v) is 9.11. The number of nitro groups is 1. The number of nitro benzene ring substituents is 1. The molecule has 0 aliphatic carbocycles. The number of aryl methyl sites for hydroxylation is 1. The fourth-order valence-corrected chi connectivity index (χ4v) is 2.99. The molecule has 3 aromatic rings. The summed E-state index contributed by atoms with van der Waals surface area (Å²) in [7, 11) is 1.53. The van der Waals surface area contributed by atoms with Gasteiger partial charge in [-0.05, 0) is 30.7 Å². The lowest BCUT2D eigenvalue weighted by Gasteiger charge is -2.10. The Morgan fingerprint density at radius 1 is 1.29 bits per heavy atom. The molecule has 1 N–H and O–H groups in total. The van der Waals surface area contributed by atoms with Crippen LogP contribution in [0.15, 0.2) is 52.1 Å². The van der Waals surface area contributed by atoms with Crippen molar-refractivity contribution in [3.63, 3.8) is 0 Å². The van der Waals surface area contributed by atoms with Crippen LogP contribution in [-0.4, -0.2) is 33.9 Å². The molecule has 28 heavy (non-hydrogen) atoms. The van der Waals surface area contributed by atoms with Crippen LogP contribution in [0.25, 0.3) is 11.5 Å². The van der Waals surface area contributed by atoms with Crippen LogP contribution in [0.1, 0.15) is 5.56 Å². The molecule has 0 unspecified atom stereocenters. The number of thioether (sulfide) groups is 1. The van der Waals surface area contributed by atoms with Crippen LogP contribution in [0.4, 0.5) is 11.4 Å². The first-order chi connectivity index (χ1) is 13.5. The van der Waals surface area contributed by atoms with E-state index in [0.717, 1.165) is 17.3 Å². The molecule has 144 valence electrons.